The molecule has 0 fully saturated rings. The molecule has 5 heteroatoms. The summed E-state index contributed by atoms with van der Waals surface area (Å²) >= 11 is 6.32. The SMILES string of the molecule is Cc1ccc(-n2cncc2-c2cnccc2N)c(Cl)c1. The van der Waals surface area contributed by atoms with Crippen molar-refractivity contribution in [3.8, 4) is 16.9 Å². The Kier molecular flexibility index (Phi) is 3.16. The van der Waals surface area contributed by atoms with Crippen molar-refractivity contribution >= 4 is 17.3 Å². The predicted octanol–water partition coefficient (Wildman–Crippen LogP) is 3.48. The number of aromatic nitrogens is 3. The van der Waals surface area contributed by atoms with E-state index in [2.05, 4.69) is 9.97 Å². The molecule has 0 bridgehead atoms. The molecule has 2 aromatic heterocycles. The van der Waals surface area contributed by atoms with E-state index in [9.17, 15) is 0 Å². The Balaban J connectivity index is 2.18. The van der Waals surface area contributed by atoms with E-state index in [0.29, 0.717) is 10.7 Å². The van der Waals surface area contributed by atoms with Gasteiger partial charge in [-0.15, -0.1) is 0 Å². The first-order valence-electron chi connectivity index (χ1n) is 6.15. The van der Waals surface area contributed by atoms with Crippen LogP contribution in [0, 0.1) is 6.92 Å². The molecule has 0 saturated carbocycles. The molecule has 0 unspecified atom stereocenters. The monoisotopic (exact) mass is 284 g/mol. The zero-order chi connectivity index (χ0) is 14.1. The molecule has 0 amide bonds. The molecule has 0 aliphatic heterocycles. The lowest BCUT2D eigenvalue weighted by molar-refractivity contribution is 1.06. The highest BCUT2D eigenvalue weighted by molar-refractivity contribution is 6.32. The number of pyridine rings is 1. The summed E-state index contributed by atoms with van der Waals surface area (Å²) in [5, 5.41) is 0.673. The third-order valence-corrected chi connectivity index (χ3v) is 3.43. The van der Waals surface area contributed by atoms with Gasteiger partial charge < -0.3 is 5.73 Å². The van der Waals surface area contributed by atoms with Gasteiger partial charge in [-0.05, 0) is 30.7 Å². The number of hydrogen-bond acceptors (Lipinski definition) is 3. The van der Waals surface area contributed by atoms with E-state index >= 15 is 0 Å². The van der Waals surface area contributed by atoms with Crippen LogP contribution in [0.2, 0.25) is 5.02 Å². The minimum Gasteiger partial charge on any atom is -0.398 e. The van der Waals surface area contributed by atoms with Gasteiger partial charge in [0.25, 0.3) is 0 Å². The van der Waals surface area contributed by atoms with Crippen LogP contribution in [0.25, 0.3) is 16.9 Å². The zero-order valence-electron chi connectivity index (χ0n) is 10.9. The molecule has 2 N–H and O–H groups in total. The summed E-state index contributed by atoms with van der Waals surface area (Å²) in [6.07, 6.45) is 6.87. The van der Waals surface area contributed by atoms with E-state index in [1.54, 1.807) is 31.0 Å². The highest BCUT2D eigenvalue weighted by Gasteiger charge is 2.12. The second kappa shape index (κ2) is 4.98. The zero-order valence-corrected chi connectivity index (χ0v) is 11.7. The van der Waals surface area contributed by atoms with Gasteiger partial charge in [0.05, 0.1) is 28.9 Å². The Morgan fingerprint density at radius 2 is 2.00 bits per heavy atom. The smallest absolute Gasteiger partial charge is 0.0997 e. The number of benzene rings is 1. The largest absolute Gasteiger partial charge is 0.398 e. The van der Waals surface area contributed by atoms with Crippen molar-refractivity contribution in [1.82, 2.24) is 14.5 Å². The quantitative estimate of drug-likeness (QED) is 0.784. The van der Waals surface area contributed by atoms with Crippen molar-refractivity contribution < 1.29 is 0 Å². The van der Waals surface area contributed by atoms with Crippen molar-refractivity contribution in [3.63, 3.8) is 0 Å². The third-order valence-electron chi connectivity index (χ3n) is 3.13. The van der Waals surface area contributed by atoms with Crippen molar-refractivity contribution in [2.75, 3.05) is 5.73 Å². The number of nitrogen functional groups attached to an aromatic ring is 1. The molecule has 0 atom stereocenters. The van der Waals surface area contributed by atoms with E-state index in [0.717, 1.165) is 22.5 Å². The van der Waals surface area contributed by atoms with Crippen molar-refractivity contribution in [1.29, 1.82) is 0 Å². The topological polar surface area (TPSA) is 56.7 Å². The molecule has 20 heavy (non-hydrogen) atoms. The normalized spacial score (nSPS) is 10.7. The number of rotatable bonds is 2. The molecule has 3 rings (SSSR count). The molecule has 0 saturated heterocycles. The Labute approximate surface area is 121 Å². The number of hydrogen-bond donors (Lipinski definition) is 1. The highest BCUT2D eigenvalue weighted by atomic mass is 35.5. The van der Waals surface area contributed by atoms with Crippen LogP contribution in [0.15, 0.2) is 49.2 Å². The van der Waals surface area contributed by atoms with Crippen molar-refractivity contribution in [2.24, 2.45) is 0 Å². The summed E-state index contributed by atoms with van der Waals surface area (Å²) < 4.78 is 1.91. The van der Waals surface area contributed by atoms with E-state index in [-0.39, 0.29) is 0 Å². The maximum absolute atomic E-state index is 6.32. The van der Waals surface area contributed by atoms with Crippen LogP contribution < -0.4 is 5.73 Å². The number of nitrogens with zero attached hydrogens (tertiary/aromatic N) is 3. The molecular weight excluding hydrogens is 272 g/mol. The number of imidazole rings is 1. The molecule has 0 aliphatic rings. The maximum Gasteiger partial charge on any atom is 0.0997 e. The summed E-state index contributed by atoms with van der Waals surface area (Å²) in [6, 6.07) is 7.67. The van der Waals surface area contributed by atoms with Crippen LogP contribution in [-0.2, 0) is 0 Å². The van der Waals surface area contributed by atoms with Crippen LogP contribution in [0.1, 0.15) is 5.56 Å². The molecule has 0 spiro atoms. The standard InChI is InChI=1S/C15H13ClN4/c1-10-2-3-14(12(16)6-10)20-9-19-8-15(20)11-7-18-5-4-13(11)17/h2-9H,1H3,(H2,17,18). The Morgan fingerprint density at radius 3 is 2.75 bits per heavy atom. The molecule has 0 aliphatic carbocycles. The van der Waals surface area contributed by atoms with E-state index in [1.165, 1.54) is 0 Å². The van der Waals surface area contributed by atoms with Crippen molar-refractivity contribution in [2.45, 2.75) is 6.92 Å². The lowest BCUT2D eigenvalue weighted by atomic mass is 10.1. The van der Waals surface area contributed by atoms with Gasteiger partial charge in [0.1, 0.15) is 0 Å². The summed E-state index contributed by atoms with van der Waals surface area (Å²) in [5.41, 5.74) is 10.3. The predicted molar refractivity (Wildman–Crippen MR) is 81.0 cm³/mol. The fraction of sp³-hybridized carbons (Fsp3) is 0.0667. The molecule has 4 nitrogen and oxygen atoms in total. The number of anilines is 1. The minimum absolute atomic E-state index is 0.657. The highest BCUT2D eigenvalue weighted by Crippen LogP contribution is 2.30. The Bertz CT molecular complexity index is 764. The summed E-state index contributed by atoms with van der Waals surface area (Å²) in [5.74, 6) is 0. The van der Waals surface area contributed by atoms with Crippen molar-refractivity contribution in [3.05, 3.63) is 59.8 Å². The van der Waals surface area contributed by atoms with Gasteiger partial charge in [-0.2, -0.15) is 0 Å². The molecule has 3 aromatic rings. The first-order chi connectivity index (χ1) is 9.66. The van der Waals surface area contributed by atoms with Gasteiger partial charge in [-0.1, -0.05) is 17.7 Å². The van der Waals surface area contributed by atoms with Gasteiger partial charge >= 0.3 is 0 Å². The van der Waals surface area contributed by atoms with E-state index in [1.807, 2.05) is 29.7 Å². The Morgan fingerprint density at radius 1 is 1.15 bits per heavy atom. The number of aryl methyl sites for hydroxylation is 1. The molecule has 0 radical (unpaired) electrons. The average Bonchev–Trinajstić information content (AvgIpc) is 2.88. The van der Waals surface area contributed by atoms with Crippen LogP contribution in [0.4, 0.5) is 5.69 Å². The van der Waals surface area contributed by atoms with E-state index < -0.39 is 0 Å². The number of halogens is 1. The van der Waals surface area contributed by atoms with Gasteiger partial charge in [0, 0.05) is 23.6 Å². The van der Waals surface area contributed by atoms with Crippen LogP contribution in [0.5, 0.6) is 0 Å². The van der Waals surface area contributed by atoms with Crippen LogP contribution >= 0.6 is 11.6 Å². The van der Waals surface area contributed by atoms with Gasteiger partial charge in [0.2, 0.25) is 0 Å². The Hall–Kier alpha value is -2.33. The first-order valence-corrected chi connectivity index (χ1v) is 6.53. The molecular formula is C15H13ClN4. The second-order valence-electron chi connectivity index (χ2n) is 4.57. The lowest BCUT2D eigenvalue weighted by Crippen LogP contribution is -1.99. The second-order valence-corrected chi connectivity index (χ2v) is 4.97. The lowest BCUT2D eigenvalue weighted by Gasteiger charge is -2.11. The summed E-state index contributed by atoms with van der Waals surface area (Å²) in [4.78, 5) is 8.32. The average molecular weight is 285 g/mol. The maximum atomic E-state index is 6.32. The first kappa shape index (κ1) is 12.7. The molecule has 1 aromatic carbocycles. The molecule has 100 valence electrons. The van der Waals surface area contributed by atoms with Gasteiger partial charge in [-0.25, -0.2) is 4.98 Å². The fourth-order valence-corrected chi connectivity index (χ4v) is 2.44. The minimum atomic E-state index is 0.657. The number of nitrogens with two attached hydrogens (primary N) is 1. The van der Waals surface area contributed by atoms with E-state index in [4.69, 9.17) is 17.3 Å². The van der Waals surface area contributed by atoms with Gasteiger partial charge in [0.15, 0.2) is 0 Å². The van der Waals surface area contributed by atoms with Crippen LogP contribution in [-0.4, -0.2) is 14.5 Å². The van der Waals surface area contributed by atoms with Crippen LogP contribution in [0.3, 0.4) is 0 Å². The summed E-state index contributed by atoms with van der Waals surface area (Å²) in [7, 11) is 0. The fourth-order valence-electron chi connectivity index (χ4n) is 2.11. The molecule has 2 heterocycles. The summed E-state index contributed by atoms with van der Waals surface area (Å²) in [6.45, 7) is 2.00. The third kappa shape index (κ3) is 2.14. The van der Waals surface area contributed by atoms with Gasteiger partial charge in [-0.3, -0.25) is 9.55 Å².